The molecule has 0 heterocycles. The number of nitrogens with zero attached hydrogens (tertiary/aromatic N) is 1. The van der Waals surface area contributed by atoms with Gasteiger partial charge in [0.25, 0.3) is 0 Å². The predicted molar refractivity (Wildman–Crippen MR) is 284 cm³/mol. The molecule has 1 nitrogen and oxygen atoms in total. The first-order chi connectivity index (χ1) is 33.7. The summed E-state index contributed by atoms with van der Waals surface area (Å²) in [6, 6.07) is 99.2. The van der Waals surface area contributed by atoms with Crippen molar-refractivity contribution in [2.45, 2.75) is 17.8 Å². The first-order valence-electron chi connectivity index (χ1n) is 23.8. The first-order valence-corrected chi connectivity index (χ1v) is 23.8. The molecule has 13 rings (SSSR count). The normalized spacial score (nSPS) is 15.0. The topological polar surface area (TPSA) is 3.24 Å². The van der Waals surface area contributed by atoms with Crippen molar-refractivity contribution in [3.8, 4) is 44.5 Å². The van der Waals surface area contributed by atoms with Gasteiger partial charge >= 0.3 is 0 Å². The fourth-order valence-electron chi connectivity index (χ4n) is 12.1. The van der Waals surface area contributed by atoms with E-state index in [-0.39, 0.29) is 5.41 Å². The second-order valence-corrected chi connectivity index (χ2v) is 18.4. The van der Waals surface area contributed by atoms with Gasteiger partial charge in [-0.15, -0.1) is 0 Å². The van der Waals surface area contributed by atoms with E-state index in [1.54, 1.807) is 0 Å². The summed E-state index contributed by atoms with van der Waals surface area (Å²) in [4.78, 5) is 2.58. The Morgan fingerprint density at radius 3 is 1.49 bits per heavy atom. The van der Waals surface area contributed by atoms with Crippen molar-refractivity contribution < 1.29 is 0 Å². The van der Waals surface area contributed by atoms with Crippen molar-refractivity contribution in [2.24, 2.45) is 0 Å². The van der Waals surface area contributed by atoms with Crippen LogP contribution in [-0.4, -0.2) is 0 Å². The van der Waals surface area contributed by atoms with Crippen LogP contribution in [0.5, 0.6) is 0 Å². The van der Waals surface area contributed by atoms with E-state index >= 15 is 0 Å². The third-order valence-corrected chi connectivity index (χ3v) is 15.0. The lowest BCUT2D eigenvalue weighted by Gasteiger charge is -2.35. The molecular formula is C67H47N. The molecule has 0 fully saturated rings. The summed E-state index contributed by atoms with van der Waals surface area (Å²) < 4.78 is 0. The van der Waals surface area contributed by atoms with E-state index in [4.69, 9.17) is 0 Å². The van der Waals surface area contributed by atoms with Gasteiger partial charge in [0.1, 0.15) is 0 Å². The van der Waals surface area contributed by atoms with Crippen LogP contribution in [-0.2, 0) is 10.8 Å². The Balaban J connectivity index is 1.14. The number of fused-ring (bicyclic) bond motifs is 7. The van der Waals surface area contributed by atoms with Crippen LogP contribution in [0.1, 0.15) is 45.9 Å². The zero-order valence-electron chi connectivity index (χ0n) is 37.9. The zero-order chi connectivity index (χ0) is 45.2. The van der Waals surface area contributed by atoms with Crippen LogP contribution in [0.2, 0.25) is 0 Å². The lowest BCUT2D eigenvalue weighted by Crippen LogP contribution is -2.28. The minimum atomic E-state index is -0.563. The highest BCUT2D eigenvalue weighted by molar-refractivity contribution is 6.09. The number of rotatable bonds is 8. The fourth-order valence-corrected chi connectivity index (χ4v) is 12.1. The molecule has 0 aliphatic heterocycles. The monoisotopic (exact) mass is 865 g/mol. The molecule has 11 aromatic carbocycles. The maximum atomic E-state index is 2.58. The highest BCUT2D eigenvalue weighted by Gasteiger charge is 2.47. The molecule has 1 unspecified atom stereocenters. The summed E-state index contributed by atoms with van der Waals surface area (Å²) in [6.07, 6.45) is 0. The molecule has 0 bridgehead atoms. The Morgan fingerprint density at radius 1 is 0.309 bits per heavy atom. The van der Waals surface area contributed by atoms with Crippen molar-refractivity contribution in [1.82, 2.24) is 0 Å². The number of hydrogen-bond acceptors (Lipinski definition) is 1. The van der Waals surface area contributed by atoms with Crippen LogP contribution in [0.3, 0.4) is 0 Å². The molecule has 2 aliphatic rings. The van der Waals surface area contributed by atoms with E-state index in [0.717, 1.165) is 22.6 Å². The average Bonchev–Trinajstić information content (AvgIpc) is 3.87. The van der Waals surface area contributed by atoms with Crippen molar-refractivity contribution in [3.63, 3.8) is 0 Å². The van der Waals surface area contributed by atoms with Gasteiger partial charge in [0.2, 0.25) is 0 Å². The molecule has 11 aromatic rings. The minimum Gasteiger partial charge on any atom is -0.309 e. The van der Waals surface area contributed by atoms with Crippen LogP contribution in [0.25, 0.3) is 55.3 Å². The highest BCUT2D eigenvalue weighted by atomic mass is 15.1. The average molecular weight is 866 g/mol. The molecule has 0 radical (unpaired) electrons. The largest absolute Gasteiger partial charge is 0.309 e. The van der Waals surface area contributed by atoms with Crippen molar-refractivity contribution in [2.75, 3.05) is 4.90 Å². The van der Waals surface area contributed by atoms with Crippen LogP contribution >= 0.6 is 0 Å². The third kappa shape index (κ3) is 5.82. The summed E-state index contributed by atoms with van der Waals surface area (Å²) >= 11 is 0. The molecule has 320 valence electrons. The van der Waals surface area contributed by atoms with Crippen molar-refractivity contribution in [3.05, 3.63) is 306 Å². The number of anilines is 3. The van der Waals surface area contributed by atoms with E-state index in [0.29, 0.717) is 0 Å². The quantitative estimate of drug-likeness (QED) is 0.147. The number of para-hydroxylation sites is 1. The van der Waals surface area contributed by atoms with E-state index in [9.17, 15) is 0 Å². The van der Waals surface area contributed by atoms with E-state index < -0.39 is 5.41 Å². The van der Waals surface area contributed by atoms with Crippen molar-refractivity contribution in [1.29, 1.82) is 0 Å². The fraction of sp³-hybridized carbons (Fsp3) is 0.0448. The van der Waals surface area contributed by atoms with Gasteiger partial charge in [-0.2, -0.15) is 0 Å². The summed E-state index contributed by atoms with van der Waals surface area (Å²) in [7, 11) is 0. The number of benzene rings is 11. The smallest absolute Gasteiger partial charge is 0.0714 e. The minimum absolute atomic E-state index is 0.371. The maximum Gasteiger partial charge on any atom is 0.0714 e. The predicted octanol–water partition coefficient (Wildman–Crippen LogP) is 17.3. The molecule has 68 heavy (non-hydrogen) atoms. The van der Waals surface area contributed by atoms with E-state index in [1.807, 2.05) is 0 Å². The molecule has 2 aliphatic carbocycles. The molecule has 0 saturated carbocycles. The molecule has 0 aromatic heterocycles. The third-order valence-electron chi connectivity index (χ3n) is 15.0. The van der Waals surface area contributed by atoms with Crippen LogP contribution in [0.4, 0.5) is 17.1 Å². The number of hydrogen-bond donors (Lipinski definition) is 0. The van der Waals surface area contributed by atoms with Crippen LogP contribution in [0.15, 0.2) is 267 Å². The van der Waals surface area contributed by atoms with Gasteiger partial charge in [0, 0.05) is 22.2 Å². The zero-order valence-corrected chi connectivity index (χ0v) is 37.9. The molecule has 0 spiro atoms. The van der Waals surface area contributed by atoms with Gasteiger partial charge in [-0.3, -0.25) is 0 Å². The summed E-state index contributed by atoms with van der Waals surface area (Å²) in [6.45, 7) is 2.41. The second-order valence-electron chi connectivity index (χ2n) is 18.4. The Bertz CT molecular complexity index is 3640. The Hall–Kier alpha value is -8.52. The molecule has 1 heteroatoms. The van der Waals surface area contributed by atoms with Crippen LogP contribution < -0.4 is 4.90 Å². The van der Waals surface area contributed by atoms with Gasteiger partial charge in [-0.25, -0.2) is 0 Å². The molecule has 1 atom stereocenters. The Labute approximate surface area is 398 Å². The lowest BCUT2D eigenvalue weighted by atomic mass is 9.67. The Kier molecular flexibility index (Phi) is 9.27. The van der Waals surface area contributed by atoms with Gasteiger partial charge in [0.15, 0.2) is 0 Å². The van der Waals surface area contributed by atoms with E-state index in [2.05, 4.69) is 279 Å². The van der Waals surface area contributed by atoms with E-state index in [1.165, 1.54) is 88.7 Å². The SMILES string of the molecule is CC1(c2ccccc2)c2ccccc2-c2c(N(c3ccc4c(c3)C(c3ccccc3)(c3ccccc3)c3ccccc3-4)c3ccccc3-c3cccc4cccc(-c5ccccc5)c34)cccc21. The van der Waals surface area contributed by atoms with Gasteiger partial charge in [0.05, 0.1) is 16.8 Å². The Morgan fingerprint density at radius 2 is 0.794 bits per heavy atom. The highest BCUT2D eigenvalue weighted by Crippen LogP contribution is 2.60. The first kappa shape index (κ1) is 39.8. The van der Waals surface area contributed by atoms with Crippen LogP contribution in [0, 0.1) is 0 Å². The van der Waals surface area contributed by atoms with Gasteiger partial charge in [-0.05, 0) is 114 Å². The van der Waals surface area contributed by atoms with Gasteiger partial charge < -0.3 is 4.90 Å². The molecular weight excluding hydrogens is 819 g/mol. The maximum absolute atomic E-state index is 2.58. The molecule has 0 N–H and O–H groups in total. The van der Waals surface area contributed by atoms with Gasteiger partial charge in [-0.1, -0.05) is 243 Å². The van der Waals surface area contributed by atoms with Crippen molar-refractivity contribution >= 4 is 27.8 Å². The second kappa shape index (κ2) is 15.8. The lowest BCUT2D eigenvalue weighted by molar-refractivity contribution is 0.714. The summed E-state index contributed by atoms with van der Waals surface area (Å²) in [5.74, 6) is 0. The summed E-state index contributed by atoms with van der Waals surface area (Å²) in [5.41, 5.74) is 21.2. The molecule has 0 saturated heterocycles. The standard InChI is InChI=1S/C67H47N/c1-66(48-27-8-3-9-28-48)58-38-17-15-35-57(58)65-60(66)40-22-42-63(65)68(62-41-19-16-34-55(62)56-37-21-26-47-25-20-36-52(64(47)56)46-23-6-2-7-24-46)51-43-44-54-53-33-14-18-39-59(53)67(61(54)45-51,49-29-10-4-11-30-49)50-31-12-5-13-32-50/h2-45H,1H3. The molecule has 0 amide bonds. The summed E-state index contributed by atoms with van der Waals surface area (Å²) in [5, 5.41) is 2.45.